The molecule has 98 valence electrons. The Morgan fingerprint density at radius 2 is 2.06 bits per heavy atom. The third-order valence-electron chi connectivity index (χ3n) is 3.13. The number of amides is 1. The lowest BCUT2D eigenvalue weighted by molar-refractivity contribution is -0.137. The fourth-order valence-corrected chi connectivity index (χ4v) is 2.09. The Morgan fingerprint density at radius 1 is 1.41 bits per heavy atom. The molecule has 0 aromatic rings. The van der Waals surface area contributed by atoms with Crippen molar-refractivity contribution in [2.75, 3.05) is 13.1 Å². The second-order valence-electron chi connectivity index (χ2n) is 4.80. The maximum Gasteiger partial charge on any atom is 0.303 e. The second kappa shape index (κ2) is 7.27. The molecule has 1 heterocycles. The molecule has 1 fully saturated rings. The van der Waals surface area contributed by atoms with Crippen molar-refractivity contribution >= 4 is 11.9 Å². The van der Waals surface area contributed by atoms with Crippen molar-refractivity contribution in [1.82, 2.24) is 10.6 Å². The number of carboxylic acid groups (broad SMARTS) is 1. The first-order valence-corrected chi connectivity index (χ1v) is 6.30. The molecular weight excluding hydrogens is 220 g/mol. The van der Waals surface area contributed by atoms with E-state index in [0.29, 0.717) is 18.8 Å². The van der Waals surface area contributed by atoms with Gasteiger partial charge in [0.1, 0.15) is 0 Å². The third-order valence-corrected chi connectivity index (χ3v) is 3.13. The monoisotopic (exact) mass is 242 g/mol. The van der Waals surface area contributed by atoms with E-state index >= 15 is 0 Å². The lowest BCUT2D eigenvalue weighted by Gasteiger charge is -2.22. The van der Waals surface area contributed by atoms with Gasteiger partial charge in [0.05, 0.1) is 0 Å². The molecule has 1 atom stereocenters. The zero-order chi connectivity index (χ0) is 12.7. The predicted octanol–water partition coefficient (Wildman–Crippen LogP) is 0.746. The summed E-state index contributed by atoms with van der Waals surface area (Å²) in [6.45, 7) is 3.84. The second-order valence-corrected chi connectivity index (χ2v) is 4.80. The van der Waals surface area contributed by atoms with Gasteiger partial charge in [-0.1, -0.05) is 0 Å². The fraction of sp³-hybridized carbons (Fsp3) is 0.833. The summed E-state index contributed by atoms with van der Waals surface area (Å²) in [7, 11) is 0. The first kappa shape index (κ1) is 14.0. The van der Waals surface area contributed by atoms with Gasteiger partial charge in [0, 0.05) is 18.9 Å². The molecule has 5 heteroatoms. The van der Waals surface area contributed by atoms with E-state index in [-0.39, 0.29) is 18.4 Å². The van der Waals surface area contributed by atoms with Crippen LogP contribution in [0.2, 0.25) is 0 Å². The number of hydrogen-bond acceptors (Lipinski definition) is 3. The highest BCUT2D eigenvalue weighted by atomic mass is 16.4. The maximum atomic E-state index is 11.7. The van der Waals surface area contributed by atoms with E-state index in [0.717, 1.165) is 25.9 Å². The summed E-state index contributed by atoms with van der Waals surface area (Å²) in [6, 6.07) is -0.0553. The quantitative estimate of drug-likeness (QED) is 0.642. The van der Waals surface area contributed by atoms with Crippen LogP contribution in [0.1, 0.15) is 39.0 Å². The SMILES string of the molecule is CC(CCC(=O)O)NC(=O)CC1CCNCC1. The molecule has 0 aromatic carbocycles. The zero-order valence-electron chi connectivity index (χ0n) is 10.4. The van der Waals surface area contributed by atoms with Gasteiger partial charge in [-0.2, -0.15) is 0 Å². The summed E-state index contributed by atoms with van der Waals surface area (Å²) in [6.07, 6.45) is 3.27. The van der Waals surface area contributed by atoms with Crippen molar-refractivity contribution in [1.29, 1.82) is 0 Å². The molecule has 1 unspecified atom stereocenters. The molecule has 3 N–H and O–H groups in total. The Bertz CT molecular complexity index is 262. The van der Waals surface area contributed by atoms with Crippen molar-refractivity contribution in [3.8, 4) is 0 Å². The van der Waals surface area contributed by atoms with E-state index in [4.69, 9.17) is 5.11 Å². The Balaban J connectivity index is 2.16. The first-order chi connectivity index (χ1) is 8.08. The Labute approximate surface area is 102 Å². The highest BCUT2D eigenvalue weighted by molar-refractivity contribution is 5.76. The number of rotatable bonds is 6. The fourth-order valence-electron chi connectivity index (χ4n) is 2.09. The van der Waals surface area contributed by atoms with Gasteiger partial charge in [-0.15, -0.1) is 0 Å². The molecule has 0 spiro atoms. The molecule has 1 aliphatic rings. The number of carbonyl (C=O) groups excluding carboxylic acids is 1. The molecule has 0 aliphatic carbocycles. The number of carbonyl (C=O) groups is 2. The summed E-state index contributed by atoms with van der Waals surface area (Å²) in [5.41, 5.74) is 0. The van der Waals surface area contributed by atoms with Gasteiger partial charge < -0.3 is 15.7 Å². The van der Waals surface area contributed by atoms with E-state index < -0.39 is 5.97 Å². The van der Waals surface area contributed by atoms with Gasteiger partial charge in [0.15, 0.2) is 0 Å². The normalized spacial score (nSPS) is 18.6. The minimum absolute atomic E-state index is 0.0507. The highest BCUT2D eigenvalue weighted by Gasteiger charge is 2.17. The molecule has 0 bridgehead atoms. The largest absolute Gasteiger partial charge is 0.481 e. The van der Waals surface area contributed by atoms with Crippen LogP contribution in [0.25, 0.3) is 0 Å². The van der Waals surface area contributed by atoms with Gasteiger partial charge in [0.2, 0.25) is 5.91 Å². The van der Waals surface area contributed by atoms with E-state index in [1.54, 1.807) is 0 Å². The smallest absolute Gasteiger partial charge is 0.303 e. The number of carboxylic acids is 1. The highest BCUT2D eigenvalue weighted by Crippen LogP contribution is 2.15. The summed E-state index contributed by atoms with van der Waals surface area (Å²) in [4.78, 5) is 22.1. The molecule has 5 nitrogen and oxygen atoms in total. The summed E-state index contributed by atoms with van der Waals surface area (Å²) >= 11 is 0. The average molecular weight is 242 g/mol. The molecule has 0 radical (unpaired) electrons. The third kappa shape index (κ3) is 6.26. The molecule has 1 aliphatic heterocycles. The lowest BCUT2D eigenvalue weighted by Crippen LogP contribution is -2.36. The number of nitrogens with one attached hydrogen (secondary N) is 2. The minimum atomic E-state index is -0.815. The molecule has 0 aromatic heterocycles. The van der Waals surface area contributed by atoms with Crippen LogP contribution in [0.3, 0.4) is 0 Å². The summed E-state index contributed by atoms with van der Waals surface area (Å²) in [5, 5.41) is 14.7. The van der Waals surface area contributed by atoms with Crippen LogP contribution >= 0.6 is 0 Å². The predicted molar refractivity (Wildman–Crippen MR) is 64.7 cm³/mol. The van der Waals surface area contributed by atoms with Crippen LogP contribution in [-0.4, -0.2) is 36.1 Å². The Morgan fingerprint density at radius 3 is 2.65 bits per heavy atom. The van der Waals surface area contributed by atoms with Gasteiger partial charge >= 0.3 is 5.97 Å². The molecule has 1 rings (SSSR count). The van der Waals surface area contributed by atoms with Crippen LogP contribution in [0, 0.1) is 5.92 Å². The number of hydrogen-bond donors (Lipinski definition) is 3. The molecule has 17 heavy (non-hydrogen) atoms. The number of aliphatic carboxylic acids is 1. The minimum Gasteiger partial charge on any atom is -0.481 e. The van der Waals surface area contributed by atoms with E-state index in [1.165, 1.54) is 0 Å². The molecular formula is C12H22N2O3. The topological polar surface area (TPSA) is 78.4 Å². The summed E-state index contributed by atoms with van der Waals surface area (Å²) in [5.74, 6) is -0.290. The van der Waals surface area contributed by atoms with E-state index in [9.17, 15) is 9.59 Å². The van der Waals surface area contributed by atoms with Crippen LogP contribution in [0.5, 0.6) is 0 Å². The van der Waals surface area contributed by atoms with Crippen molar-refractivity contribution in [2.45, 2.75) is 45.1 Å². The molecule has 0 saturated carbocycles. The average Bonchev–Trinajstić information content (AvgIpc) is 2.27. The lowest BCUT2D eigenvalue weighted by atomic mass is 9.94. The Hall–Kier alpha value is -1.10. The summed E-state index contributed by atoms with van der Waals surface area (Å²) < 4.78 is 0. The van der Waals surface area contributed by atoms with Crippen LogP contribution < -0.4 is 10.6 Å². The standard InChI is InChI=1S/C12H22N2O3/c1-9(2-3-12(16)17)14-11(15)8-10-4-6-13-7-5-10/h9-10,13H,2-8H2,1H3,(H,14,15)(H,16,17). The molecule has 1 saturated heterocycles. The van der Waals surface area contributed by atoms with Crippen LogP contribution in [0.4, 0.5) is 0 Å². The van der Waals surface area contributed by atoms with E-state index in [2.05, 4.69) is 10.6 Å². The zero-order valence-corrected chi connectivity index (χ0v) is 10.4. The molecule has 1 amide bonds. The first-order valence-electron chi connectivity index (χ1n) is 6.30. The van der Waals surface area contributed by atoms with Gasteiger partial charge in [0.25, 0.3) is 0 Å². The number of piperidine rings is 1. The van der Waals surface area contributed by atoms with Crippen LogP contribution in [-0.2, 0) is 9.59 Å². The van der Waals surface area contributed by atoms with E-state index in [1.807, 2.05) is 6.92 Å². The van der Waals surface area contributed by atoms with Crippen molar-refractivity contribution in [3.05, 3.63) is 0 Å². The van der Waals surface area contributed by atoms with Crippen LogP contribution in [0.15, 0.2) is 0 Å². The Kier molecular flexibility index (Phi) is 5.97. The van der Waals surface area contributed by atoms with Crippen molar-refractivity contribution in [3.63, 3.8) is 0 Å². The maximum absolute atomic E-state index is 11.7. The van der Waals surface area contributed by atoms with Crippen molar-refractivity contribution < 1.29 is 14.7 Å². The van der Waals surface area contributed by atoms with Crippen molar-refractivity contribution in [2.24, 2.45) is 5.92 Å². The van der Waals surface area contributed by atoms with Gasteiger partial charge in [-0.05, 0) is 45.2 Å². The van der Waals surface area contributed by atoms with Gasteiger partial charge in [-0.25, -0.2) is 0 Å². The van der Waals surface area contributed by atoms with Gasteiger partial charge in [-0.3, -0.25) is 9.59 Å².